The largest absolute Gasteiger partial charge is 0.406 e. The van der Waals surface area contributed by atoms with Crippen LogP contribution in [0.4, 0.5) is 0 Å². The molecule has 1 aliphatic heterocycles. The first-order valence-electron chi connectivity index (χ1n) is 12.6. The molecule has 32 heavy (non-hydrogen) atoms. The maximum Gasteiger partial charge on any atom is 0.147 e. The zero-order valence-electron chi connectivity index (χ0n) is 21.5. The highest BCUT2D eigenvalue weighted by atomic mass is 32.2. The van der Waals surface area contributed by atoms with Gasteiger partial charge in [-0.25, -0.2) is 4.31 Å². The van der Waals surface area contributed by atoms with Crippen molar-refractivity contribution in [3.05, 3.63) is 42.5 Å². The van der Waals surface area contributed by atoms with Crippen LogP contribution in [0.25, 0.3) is 0 Å². The summed E-state index contributed by atoms with van der Waals surface area (Å²) in [6.45, 7) is 15.7. The Morgan fingerprint density at radius 2 is 1.78 bits per heavy atom. The molecule has 3 rings (SSSR count). The van der Waals surface area contributed by atoms with Crippen molar-refractivity contribution in [2.75, 3.05) is 39.0 Å². The minimum atomic E-state index is 0.543. The van der Waals surface area contributed by atoms with Crippen LogP contribution in [0.3, 0.4) is 0 Å². The molecule has 1 saturated carbocycles. The van der Waals surface area contributed by atoms with Crippen LogP contribution in [0.5, 0.6) is 5.75 Å². The summed E-state index contributed by atoms with van der Waals surface area (Å²) in [4.78, 5) is 5.75. The molecule has 0 amide bonds. The van der Waals surface area contributed by atoms with Crippen LogP contribution < -0.4 is 4.84 Å². The lowest BCUT2D eigenvalue weighted by Crippen LogP contribution is -2.44. The molecule has 1 aliphatic carbocycles. The zero-order chi connectivity index (χ0) is 23.6. The van der Waals surface area contributed by atoms with E-state index in [9.17, 15) is 0 Å². The van der Waals surface area contributed by atoms with E-state index in [2.05, 4.69) is 43.5 Å². The maximum absolute atomic E-state index is 5.98. The fraction of sp³-hybridized carbons (Fsp3) is 0.704. The third kappa shape index (κ3) is 12.9. The van der Waals surface area contributed by atoms with Crippen molar-refractivity contribution in [1.82, 2.24) is 9.37 Å². The van der Waals surface area contributed by atoms with E-state index < -0.39 is 0 Å². The van der Waals surface area contributed by atoms with Gasteiger partial charge in [-0.2, -0.15) is 0 Å². The van der Waals surface area contributed by atoms with Crippen LogP contribution in [0.2, 0.25) is 0 Å². The number of hydroxylamine groups is 2. The van der Waals surface area contributed by atoms with E-state index in [1.165, 1.54) is 25.7 Å². The average Bonchev–Trinajstić information content (AvgIpc) is 2.84. The second kappa shape index (κ2) is 18.4. The van der Waals surface area contributed by atoms with Gasteiger partial charge in [0.15, 0.2) is 0 Å². The van der Waals surface area contributed by atoms with E-state index in [0.29, 0.717) is 12.0 Å². The van der Waals surface area contributed by atoms with Gasteiger partial charge in [0.1, 0.15) is 5.75 Å². The van der Waals surface area contributed by atoms with Gasteiger partial charge >= 0.3 is 0 Å². The predicted molar refractivity (Wildman–Crippen MR) is 141 cm³/mol. The molecule has 0 aromatic heterocycles. The zero-order valence-corrected chi connectivity index (χ0v) is 22.3. The second-order valence-electron chi connectivity index (χ2n) is 8.58. The Bertz CT molecular complexity index is 576. The number of ether oxygens (including phenoxy) is 1. The smallest absolute Gasteiger partial charge is 0.147 e. The molecule has 5 heteroatoms. The maximum atomic E-state index is 5.98. The van der Waals surface area contributed by atoms with Crippen molar-refractivity contribution >= 4 is 11.9 Å². The summed E-state index contributed by atoms with van der Waals surface area (Å²) < 4.78 is 8.33. The van der Waals surface area contributed by atoms with Gasteiger partial charge in [-0.1, -0.05) is 82.8 Å². The number of rotatable bonds is 8. The fourth-order valence-electron chi connectivity index (χ4n) is 3.84. The Kier molecular flexibility index (Phi) is 16.7. The van der Waals surface area contributed by atoms with E-state index >= 15 is 0 Å². The number of hydrogen-bond acceptors (Lipinski definition) is 5. The van der Waals surface area contributed by atoms with Crippen LogP contribution in [0, 0.1) is 11.8 Å². The number of benzene rings is 1. The molecule has 1 heterocycles. The SMILES string of the molecule is C/C=C\CC(C)COC1CCCC(C)C1.CC.CSN1CCN(Oc2ccccc2)CC1. The lowest BCUT2D eigenvalue weighted by Gasteiger charge is -2.32. The number of piperazine rings is 1. The summed E-state index contributed by atoms with van der Waals surface area (Å²) in [5, 5.41) is 2.03. The molecular formula is C27H48N2O2S. The first-order valence-corrected chi connectivity index (χ1v) is 13.8. The Hall–Kier alpha value is -1.01. The summed E-state index contributed by atoms with van der Waals surface area (Å²) in [5.74, 6) is 2.46. The number of hydrogen-bond donors (Lipinski definition) is 0. The van der Waals surface area contributed by atoms with E-state index in [1.807, 2.05) is 49.2 Å². The number of nitrogens with zero attached hydrogens (tertiary/aromatic N) is 2. The van der Waals surface area contributed by atoms with Crippen LogP contribution in [0.1, 0.15) is 66.7 Å². The summed E-state index contributed by atoms with van der Waals surface area (Å²) in [7, 11) is 0. The molecule has 2 fully saturated rings. The first-order chi connectivity index (χ1) is 15.6. The summed E-state index contributed by atoms with van der Waals surface area (Å²) in [5.41, 5.74) is 0. The van der Waals surface area contributed by atoms with Gasteiger partial charge in [-0.15, -0.1) is 5.06 Å². The molecule has 1 saturated heterocycles. The molecule has 3 unspecified atom stereocenters. The standard InChI is InChI=1S/C14H26O.C11H16N2OS.C2H6/c1-4-5-7-13(3)11-15-14-9-6-8-12(2)10-14;1-15-13-9-7-12(8-10-13)14-11-5-3-2-4-6-11;1-2/h4-5,12-14H,6-11H2,1-3H3;2-6H,7-10H2,1H3;1-2H3/b5-4-;;. The molecule has 1 aromatic rings. The van der Waals surface area contributed by atoms with E-state index in [1.54, 1.807) is 11.9 Å². The van der Waals surface area contributed by atoms with Crippen molar-refractivity contribution in [2.45, 2.75) is 72.8 Å². The lowest BCUT2D eigenvalue weighted by atomic mass is 9.88. The number of allylic oxidation sites excluding steroid dienone is 2. The van der Waals surface area contributed by atoms with Crippen LogP contribution in [-0.4, -0.2) is 54.5 Å². The fourth-order valence-corrected chi connectivity index (χ4v) is 4.37. The van der Waals surface area contributed by atoms with Crippen LogP contribution in [0.15, 0.2) is 42.5 Å². The van der Waals surface area contributed by atoms with E-state index in [4.69, 9.17) is 9.57 Å². The van der Waals surface area contributed by atoms with Gasteiger partial charge in [0.25, 0.3) is 0 Å². The van der Waals surface area contributed by atoms with E-state index in [-0.39, 0.29) is 0 Å². The summed E-state index contributed by atoms with van der Waals surface area (Å²) >= 11 is 1.81. The molecule has 2 aliphatic rings. The van der Waals surface area contributed by atoms with Crippen molar-refractivity contribution in [3.8, 4) is 5.75 Å². The van der Waals surface area contributed by atoms with Crippen LogP contribution >= 0.6 is 11.9 Å². The Morgan fingerprint density at radius 3 is 2.38 bits per heavy atom. The highest BCUT2D eigenvalue weighted by Gasteiger charge is 2.19. The van der Waals surface area contributed by atoms with Gasteiger partial charge in [0.05, 0.1) is 6.10 Å². The molecule has 0 N–H and O–H groups in total. The third-order valence-corrected chi connectivity index (χ3v) is 6.59. The summed E-state index contributed by atoms with van der Waals surface area (Å²) in [6, 6.07) is 9.96. The van der Waals surface area contributed by atoms with Crippen molar-refractivity contribution in [3.63, 3.8) is 0 Å². The van der Waals surface area contributed by atoms with Crippen molar-refractivity contribution < 1.29 is 9.57 Å². The van der Waals surface area contributed by atoms with Gasteiger partial charge < -0.3 is 9.57 Å². The Morgan fingerprint density at radius 1 is 1.09 bits per heavy atom. The molecular weight excluding hydrogens is 416 g/mol. The van der Waals surface area contributed by atoms with Crippen molar-refractivity contribution in [1.29, 1.82) is 0 Å². The average molecular weight is 465 g/mol. The predicted octanol–water partition coefficient (Wildman–Crippen LogP) is 7.09. The highest BCUT2D eigenvalue weighted by molar-refractivity contribution is 7.96. The van der Waals surface area contributed by atoms with E-state index in [0.717, 1.165) is 50.9 Å². The minimum absolute atomic E-state index is 0.543. The van der Waals surface area contributed by atoms with Crippen molar-refractivity contribution in [2.24, 2.45) is 11.8 Å². The van der Waals surface area contributed by atoms with Gasteiger partial charge in [0, 0.05) is 32.8 Å². The minimum Gasteiger partial charge on any atom is -0.406 e. The lowest BCUT2D eigenvalue weighted by molar-refractivity contribution is -0.0766. The van der Waals surface area contributed by atoms with Crippen LogP contribution in [-0.2, 0) is 4.74 Å². The summed E-state index contributed by atoms with van der Waals surface area (Å²) in [6.07, 6.45) is 13.5. The molecule has 0 spiro atoms. The molecule has 0 radical (unpaired) electrons. The first kappa shape index (κ1) is 29.0. The third-order valence-electron chi connectivity index (χ3n) is 5.71. The monoisotopic (exact) mass is 464 g/mol. The van der Waals surface area contributed by atoms with Gasteiger partial charge in [-0.3, -0.25) is 0 Å². The number of para-hydroxylation sites is 1. The van der Waals surface area contributed by atoms with Gasteiger partial charge in [-0.05, 0) is 56.4 Å². The Balaban J connectivity index is 0.000000297. The topological polar surface area (TPSA) is 24.9 Å². The normalized spacial score (nSPS) is 22.9. The molecule has 1 aromatic carbocycles. The van der Waals surface area contributed by atoms with Gasteiger partial charge in [0.2, 0.25) is 0 Å². The highest BCUT2D eigenvalue weighted by Crippen LogP contribution is 2.26. The Labute approximate surface area is 202 Å². The molecule has 184 valence electrons. The quantitative estimate of drug-likeness (QED) is 0.302. The second-order valence-corrected chi connectivity index (χ2v) is 9.46. The molecule has 0 bridgehead atoms. The molecule has 3 atom stereocenters. The molecule has 4 nitrogen and oxygen atoms in total.